The van der Waals surface area contributed by atoms with Gasteiger partial charge in [-0.3, -0.25) is 4.79 Å². The summed E-state index contributed by atoms with van der Waals surface area (Å²) in [5, 5.41) is 13.7. The summed E-state index contributed by atoms with van der Waals surface area (Å²) in [6.07, 6.45) is 2.47. The summed E-state index contributed by atoms with van der Waals surface area (Å²) in [6.45, 7) is 0.458. The fourth-order valence-electron chi connectivity index (χ4n) is 2.62. The number of aliphatic carboxylic acids is 1. The van der Waals surface area contributed by atoms with E-state index in [0.29, 0.717) is 45.1 Å². The van der Waals surface area contributed by atoms with Gasteiger partial charge in [0.1, 0.15) is 12.6 Å². The van der Waals surface area contributed by atoms with Gasteiger partial charge in [-0.25, -0.2) is 0 Å². The minimum Gasteiger partial charge on any atom is -0.493 e. The summed E-state index contributed by atoms with van der Waals surface area (Å²) in [5.41, 5.74) is 1.43. The van der Waals surface area contributed by atoms with E-state index >= 15 is 0 Å². The second-order valence-electron chi connectivity index (χ2n) is 6.15. The van der Waals surface area contributed by atoms with Crippen LogP contribution in [0.2, 0.25) is 15.1 Å². The van der Waals surface area contributed by atoms with Crippen LogP contribution < -0.4 is 14.8 Å². The van der Waals surface area contributed by atoms with Crippen LogP contribution in [0.15, 0.2) is 30.3 Å². The average Bonchev–Trinajstić information content (AvgIpc) is 2.68. The van der Waals surface area contributed by atoms with Gasteiger partial charge in [0.2, 0.25) is 0 Å². The molecule has 1 unspecified atom stereocenters. The number of nitrogens with one attached hydrogen (secondary N) is 1. The first-order valence-corrected chi connectivity index (χ1v) is 11.3. The molecule has 0 spiro atoms. The zero-order valence-corrected chi connectivity index (χ0v) is 19.1. The van der Waals surface area contributed by atoms with Crippen molar-refractivity contribution in [3.05, 3.63) is 56.5 Å². The highest BCUT2D eigenvalue weighted by atomic mass is 35.5. The van der Waals surface area contributed by atoms with E-state index in [2.05, 4.69) is 5.32 Å². The first-order chi connectivity index (χ1) is 13.9. The minimum absolute atomic E-state index is 0.127. The Morgan fingerprint density at radius 1 is 1.21 bits per heavy atom. The Morgan fingerprint density at radius 3 is 2.48 bits per heavy atom. The minimum atomic E-state index is -0.881. The van der Waals surface area contributed by atoms with Crippen LogP contribution in [0.4, 0.5) is 0 Å². The van der Waals surface area contributed by atoms with Gasteiger partial charge < -0.3 is 19.9 Å². The van der Waals surface area contributed by atoms with Gasteiger partial charge in [-0.15, -0.1) is 0 Å². The lowest BCUT2D eigenvalue weighted by atomic mass is 10.1. The molecule has 2 aromatic carbocycles. The van der Waals surface area contributed by atoms with Crippen molar-refractivity contribution in [3.8, 4) is 11.5 Å². The fourth-order valence-corrected chi connectivity index (χ4v) is 3.89. The molecule has 1 atom stereocenters. The fraction of sp³-hybridized carbons (Fsp3) is 0.350. The molecule has 5 nitrogen and oxygen atoms in total. The van der Waals surface area contributed by atoms with Crippen LogP contribution in [0.25, 0.3) is 0 Å². The van der Waals surface area contributed by atoms with Gasteiger partial charge in [-0.1, -0.05) is 40.9 Å². The molecule has 2 rings (SSSR count). The van der Waals surface area contributed by atoms with Crippen LogP contribution in [0.1, 0.15) is 17.5 Å². The Hall–Kier alpha value is -1.31. The van der Waals surface area contributed by atoms with E-state index < -0.39 is 12.0 Å². The number of carboxylic acid groups (broad SMARTS) is 1. The summed E-state index contributed by atoms with van der Waals surface area (Å²) in [5.74, 6) is 0.680. The van der Waals surface area contributed by atoms with Crippen molar-refractivity contribution in [2.45, 2.75) is 25.6 Å². The number of methoxy groups -OCH3 is 1. The van der Waals surface area contributed by atoms with Crippen LogP contribution in [0.3, 0.4) is 0 Å². The number of carboxylic acids is 1. The van der Waals surface area contributed by atoms with Crippen molar-refractivity contribution in [1.82, 2.24) is 5.32 Å². The van der Waals surface area contributed by atoms with E-state index in [1.807, 2.05) is 6.26 Å². The average molecular weight is 479 g/mol. The summed E-state index contributed by atoms with van der Waals surface area (Å²) in [7, 11) is 1.51. The number of ether oxygens (including phenoxy) is 2. The molecule has 0 saturated heterocycles. The molecule has 0 saturated carbocycles. The number of hydrogen-bond donors (Lipinski definition) is 2. The standard InChI is InChI=1S/C20H22Cl3NO4S/c1-27-18-9-12(10-24-17(20(25)26)6-7-29-2)8-16(23)19(18)28-11-13-14(21)4-3-5-15(13)22/h3-5,8-9,17,24H,6-7,10-11H2,1-2H3,(H,25,26). The normalized spacial score (nSPS) is 11.9. The van der Waals surface area contributed by atoms with Crippen molar-refractivity contribution in [1.29, 1.82) is 0 Å². The van der Waals surface area contributed by atoms with Gasteiger partial charge in [-0.2, -0.15) is 11.8 Å². The molecule has 0 aromatic heterocycles. The SMILES string of the molecule is COc1cc(CNC(CCSC)C(=O)O)cc(Cl)c1OCc1c(Cl)cccc1Cl. The topological polar surface area (TPSA) is 67.8 Å². The van der Waals surface area contributed by atoms with Gasteiger partial charge >= 0.3 is 5.97 Å². The smallest absolute Gasteiger partial charge is 0.320 e. The Balaban J connectivity index is 2.13. The zero-order valence-electron chi connectivity index (χ0n) is 16.0. The number of rotatable bonds is 11. The summed E-state index contributed by atoms with van der Waals surface area (Å²) < 4.78 is 11.2. The molecule has 9 heteroatoms. The first-order valence-electron chi connectivity index (χ1n) is 8.74. The quantitative estimate of drug-likeness (QED) is 0.442. The molecule has 0 amide bonds. The van der Waals surface area contributed by atoms with Gasteiger partial charge in [-0.05, 0) is 48.3 Å². The lowest BCUT2D eigenvalue weighted by molar-refractivity contribution is -0.139. The summed E-state index contributed by atoms with van der Waals surface area (Å²) in [6, 6.07) is 8.06. The molecule has 0 aliphatic carbocycles. The highest BCUT2D eigenvalue weighted by Crippen LogP contribution is 2.38. The molecule has 2 N–H and O–H groups in total. The van der Waals surface area contributed by atoms with E-state index in [1.54, 1.807) is 42.1 Å². The van der Waals surface area contributed by atoms with Crippen molar-refractivity contribution < 1.29 is 19.4 Å². The highest BCUT2D eigenvalue weighted by molar-refractivity contribution is 7.98. The molecule has 0 radical (unpaired) electrons. The van der Waals surface area contributed by atoms with Crippen LogP contribution in [0, 0.1) is 0 Å². The molecular weight excluding hydrogens is 457 g/mol. The van der Waals surface area contributed by atoms with E-state index in [-0.39, 0.29) is 6.61 Å². The van der Waals surface area contributed by atoms with E-state index in [0.717, 1.165) is 11.3 Å². The number of carbonyl (C=O) groups is 1. The van der Waals surface area contributed by atoms with Gasteiger partial charge in [0, 0.05) is 22.2 Å². The zero-order chi connectivity index (χ0) is 21.4. The van der Waals surface area contributed by atoms with Crippen LogP contribution in [0.5, 0.6) is 11.5 Å². The van der Waals surface area contributed by atoms with E-state index in [4.69, 9.17) is 44.3 Å². The van der Waals surface area contributed by atoms with Crippen LogP contribution in [-0.4, -0.2) is 36.2 Å². The van der Waals surface area contributed by atoms with Gasteiger partial charge in [0.05, 0.1) is 12.1 Å². The second-order valence-corrected chi connectivity index (χ2v) is 8.36. The lowest BCUT2D eigenvalue weighted by Gasteiger charge is -2.17. The van der Waals surface area contributed by atoms with Gasteiger partial charge in [0.25, 0.3) is 0 Å². The Bertz CT molecular complexity index is 830. The predicted octanol–water partition coefficient (Wildman–Crippen LogP) is 5.53. The molecule has 0 aliphatic heterocycles. The van der Waals surface area contributed by atoms with Crippen LogP contribution in [-0.2, 0) is 17.9 Å². The Morgan fingerprint density at radius 2 is 1.90 bits per heavy atom. The monoisotopic (exact) mass is 477 g/mol. The van der Waals surface area contributed by atoms with E-state index in [1.165, 1.54) is 7.11 Å². The molecular formula is C20H22Cl3NO4S. The van der Waals surface area contributed by atoms with E-state index in [9.17, 15) is 9.90 Å². The van der Waals surface area contributed by atoms with Gasteiger partial charge in [0.15, 0.2) is 11.5 Å². The second kappa shape index (κ2) is 11.8. The third kappa shape index (κ3) is 6.86. The summed E-state index contributed by atoms with van der Waals surface area (Å²) >= 11 is 20.4. The molecule has 0 fully saturated rings. The molecule has 158 valence electrons. The first kappa shape index (κ1) is 24.0. The Labute approximate surface area is 189 Å². The van der Waals surface area contributed by atoms with Crippen molar-refractivity contribution in [3.63, 3.8) is 0 Å². The third-order valence-corrected chi connectivity index (χ3v) is 5.81. The molecule has 2 aromatic rings. The number of thioether (sulfide) groups is 1. The maximum atomic E-state index is 11.4. The van der Waals surface area contributed by atoms with Crippen molar-refractivity contribution in [2.75, 3.05) is 19.1 Å². The van der Waals surface area contributed by atoms with Crippen molar-refractivity contribution in [2.24, 2.45) is 0 Å². The maximum Gasteiger partial charge on any atom is 0.320 e. The number of hydrogen-bond acceptors (Lipinski definition) is 5. The highest BCUT2D eigenvalue weighted by Gasteiger charge is 2.18. The maximum absolute atomic E-state index is 11.4. The molecule has 0 heterocycles. The summed E-state index contributed by atoms with van der Waals surface area (Å²) in [4.78, 5) is 11.4. The number of benzene rings is 2. The van der Waals surface area contributed by atoms with Crippen LogP contribution >= 0.6 is 46.6 Å². The number of halogens is 3. The molecule has 0 aliphatic rings. The predicted molar refractivity (Wildman–Crippen MR) is 120 cm³/mol. The Kier molecular flexibility index (Phi) is 9.72. The molecule has 29 heavy (non-hydrogen) atoms. The largest absolute Gasteiger partial charge is 0.493 e. The lowest BCUT2D eigenvalue weighted by Crippen LogP contribution is -2.36. The third-order valence-electron chi connectivity index (χ3n) is 4.17. The molecule has 0 bridgehead atoms. The van der Waals surface area contributed by atoms with Crippen molar-refractivity contribution >= 4 is 52.5 Å².